The fourth-order valence-electron chi connectivity index (χ4n) is 11.1. The second-order valence-corrected chi connectivity index (χ2v) is 27.7. The van der Waals surface area contributed by atoms with Crippen LogP contribution in [-0.2, 0) is 33.3 Å². The molecule has 554 valence electrons. The lowest BCUT2D eigenvalue weighted by atomic mass is 10.0. The molecule has 0 aromatic rings. The van der Waals surface area contributed by atoms with Crippen LogP contribution in [0.4, 0.5) is 0 Å². The van der Waals surface area contributed by atoms with Gasteiger partial charge >= 0.3 is 17.9 Å². The molecule has 0 aromatic carbocycles. The number of unbranched alkanes of at least 4 members (excludes halogenated alkanes) is 34. The number of quaternary nitrogens is 1. The Labute approximate surface area is 598 Å². The van der Waals surface area contributed by atoms with Crippen LogP contribution in [0.2, 0.25) is 0 Å². The SMILES string of the molecule is CC/C=C\C/C=C\C/C=C\C/C=C\C/C=C\C/C=C\C/C=C\C/C=C\C/C=C\C/C=C\C/C=C\C/C=C\CCCCC(=O)OC(COC(=O)CCCCCCCCCCCCCCCCCCCCCCCCCCCCCCCCCCC)COC(OCC[N+](C)(C)C)C(=O)O. The van der Waals surface area contributed by atoms with E-state index in [-0.39, 0.29) is 38.6 Å². The molecule has 0 heterocycles. The molecule has 0 aromatic heterocycles. The number of likely N-dealkylation sites (N-methyl/N-ethyl adjacent to an activating group) is 1. The van der Waals surface area contributed by atoms with Crippen molar-refractivity contribution in [1.29, 1.82) is 0 Å². The van der Waals surface area contributed by atoms with Gasteiger partial charge in [0.2, 0.25) is 0 Å². The van der Waals surface area contributed by atoms with Gasteiger partial charge in [0, 0.05) is 12.8 Å². The molecule has 2 unspecified atom stereocenters. The maximum Gasteiger partial charge on any atom is 0.361 e. The number of ether oxygens (including phenoxy) is 4. The minimum absolute atomic E-state index is 0.173. The Kier molecular flexibility index (Phi) is 73.1. The first kappa shape index (κ1) is 92.2. The number of hydrogen-bond acceptors (Lipinski definition) is 7. The van der Waals surface area contributed by atoms with Gasteiger partial charge in [0.15, 0.2) is 6.10 Å². The van der Waals surface area contributed by atoms with E-state index in [1.807, 2.05) is 21.1 Å². The van der Waals surface area contributed by atoms with Crippen molar-refractivity contribution in [3.8, 4) is 0 Å². The third-order valence-electron chi connectivity index (χ3n) is 17.1. The Bertz CT molecular complexity index is 2110. The van der Waals surface area contributed by atoms with Crippen LogP contribution in [0.5, 0.6) is 0 Å². The third kappa shape index (κ3) is 78.4. The first-order chi connectivity index (χ1) is 47.6. The monoisotopic (exact) mass is 1350 g/mol. The Morgan fingerprint density at radius 1 is 0.320 bits per heavy atom. The van der Waals surface area contributed by atoms with Crippen LogP contribution in [0.15, 0.2) is 146 Å². The summed E-state index contributed by atoms with van der Waals surface area (Å²) in [6.07, 6.45) is 110. The minimum Gasteiger partial charge on any atom is -0.477 e. The minimum atomic E-state index is -1.53. The van der Waals surface area contributed by atoms with Crippen LogP contribution in [-0.4, -0.2) is 87.4 Å². The number of carboxylic acid groups (broad SMARTS) is 1. The number of carboxylic acids is 1. The van der Waals surface area contributed by atoms with Crippen LogP contribution in [0, 0.1) is 0 Å². The number of hydrogen-bond donors (Lipinski definition) is 1. The van der Waals surface area contributed by atoms with Gasteiger partial charge in [0.25, 0.3) is 6.29 Å². The Morgan fingerprint density at radius 3 is 0.876 bits per heavy atom. The Balaban J connectivity index is 4.16. The Morgan fingerprint density at radius 2 is 0.588 bits per heavy atom. The first-order valence-corrected chi connectivity index (χ1v) is 40.0. The van der Waals surface area contributed by atoms with Crippen molar-refractivity contribution in [2.45, 2.75) is 347 Å². The molecule has 0 aliphatic carbocycles. The quantitative estimate of drug-likeness (QED) is 0.0211. The molecule has 9 nitrogen and oxygen atoms in total. The van der Waals surface area contributed by atoms with Crippen molar-refractivity contribution in [1.82, 2.24) is 0 Å². The van der Waals surface area contributed by atoms with Gasteiger partial charge in [0.1, 0.15) is 13.2 Å². The molecule has 0 spiro atoms. The summed E-state index contributed by atoms with van der Waals surface area (Å²) in [4.78, 5) is 37.7. The summed E-state index contributed by atoms with van der Waals surface area (Å²) in [5.74, 6) is -2.06. The maximum atomic E-state index is 13.0. The largest absolute Gasteiger partial charge is 0.477 e. The van der Waals surface area contributed by atoms with Gasteiger partial charge in [-0.1, -0.05) is 365 Å². The van der Waals surface area contributed by atoms with Crippen LogP contribution < -0.4 is 0 Å². The van der Waals surface area contributed by atoms with Crippen molar-refractivity contribution in [2.75, 3.05) is 47.5 Å². The summed E-state index contributed by atoms with van der Waals surface area (Å²) in [5, 5.41) is 9.77. The van der Waals surface area contributed by atoms with Gasteiger partial charge in [-0.3, -0.25) is 9.59 Å². The van der Waals surface area contributed by atoms with Crippen molar-refractivity contribution in [3.05, 3.63) is 146 Å². The predicted octanol–water partition coefficient (Wildman–Crippen LogP) is 25.8. The molecule has 0 bridgehead atoms. The summed E-state index contributed by atoms with van der Waals surface area (Å²) >= 11 is 0. The van der Waals surface area contributed by atoms with Gasteiger partial charge < -0.3 is 28.5 Å². The molecule has 0 radical (unpaired) electrons. The van der Waals surface area contributed by atoms with Crippen LogP contribution in [0.1, 0.15) is 335 Å². The molecule has 1 N–H and O–H groups in total. The molecule has 0 amide bonds. The van der Waals surface area contributed by atoms with Crippen molar-refractivity contribution >= 4 is 17.9 Å². The zero-order valence-electron chi connectivity index (χ0n) is 63.4. The fourth-order valence-corrected chi connectivity index (χ4v) is 11.1. The standard InChI is InChI=1S/C88H149NO8/c1-6-8-10-12-14-16-18-20-22-24-26-28-30-32-34-36-38-40-41-42-43-44-45-47-49-51-53-55-57-59-61-63-65-67-69-71-73-75-77-79-86(91)97-84(83-96-88(87(92)93)94-81-80-89(3,4)5)82-95-85(90)78-76-74-72-70-68-66-64-62-60-58-56-54-52-50-48-46-39-37-35-33-31-29-27-25-23-21-19-17-15-13-11-9-7-2/h8,10,14,16,20,22,26,28,32,34,38,40,42-43,45,47,51,53,57,59,63,65,69,71,84,88H,6-7,9,11-13,15,17-19,21,23-25,27,29-31,33,35-37,39,41,44,46,48-50,52,54-56,58,60-62,64,66-68,70,72-83H2,1-5H3/p+1/b10-8-,16-14-,22-20-,28-26-,34-32-,40-38-,43-42-,47-45-,53-51-,59-57-,65-63-,71-69-. The zero-order valence-corrected chi connectivity index (χ0v) is 63.4. The molecule has 0 aliphatic rings. The summed E-state index contributed by atoms with van der Waals surface area (Å²) in [7, 11) is 5.96. The Hall–Kier alpha value is -4.83. The fraction of sp³-hybridized carbons (Fsp3) is 0.693. The van der Waals surface area contributed by atoms with Gasteiger partial charge in [0.05, 0.1) is 34.4 Å². The number of nitrogens with zero attached hydrogens (tertiary/aromatic N) is 1. The van der Waals surface area contributed by atoms with E-state index < -0.39 is 24.3 Å². The van der Waals surface area contributed by atoms with E-state index in [4.69, 9.17) is 18.9 Å². The zero-order chi connectivity index (χ0) is 70.4. The lowest BCUT2D eigenvalue weighted by Crippen LogP contribution is -2.40. The van der Waals surface area contributed by atoms with Crippen LogP contribution in [0.25, 0.3) is 0 Å². The molecular weight excluding hydrogens is 1200 g/mol. The number of carbonyl (C=O) groups excluding carboxylic acids is 2. The molecule has 0 aliphatic heterocycles. The summed E-state index contributed by atoms with van der Waals surface area (Å²) < 4.78 is 23.0. The van der Waals surface area contributed by atoms with Gasteiger partial charge in [-0.2, -0.15) is 0 Å². The molecular formula is C88H150NO8+. The summed E-state index contributed by atoms with van der Waals surface area (Å²) in [5.41, 5.74) is 0. The number of aliphatic carboxylic acids is 1. The second kappa shape index (κ2) is 76.9. The summed E-state index contributed by atoms with van der Waals surface area (Å²) in [6, 6.07) is 0. The molecule has 0 saturated carbocycles. The normalized spacial score (nSPS) is 13.5. The molecule has 2 atom stereocenters. The highest BCUT2D eigenvalue weighted by Gasteiger charge is 2.25. The van der Waals surface area contributed by atoms with E-state index in [2.05, 4.69) is 160 Å². The highest BCUT2D eigenvalue weighted by atomic mass is 16.7. The molecule has 0 rings (SSSR count). The molecule has 0 saturated heterocycles. The van der Waals surface area contributed by atoms with Crippen LogP contribution >= 0.6 is 0 Å². The third-order valence-corrected chi connectivity index (χ3v) is 17.1. The van der Waals surface area contributed by atoms with Crippen molar-refractivity contribution in [2.24, 2.45) is 0 Å². The second-order valence-electron chi connectivity index (χ2n) is 27.7. The average Bonchev–Trinajstić information content (AvgIpc) is 2.39. The number of carbonyl (C=O) groups is 3. The van der Waals surface area contributed by atoms with Crippen molar-refractivity contribution < 1.29 is 42.9 Å². The van der Waals surface area contributed by atoms with Gasteiger partial charge in [-0.25, -0.2) is 4.79 Å². The van der Waals surface area contributed by atoms with E-state index in [0.29, 0.717) is 17.4 Å². The lowest BCUT2D eigenvalue weighted by Gasteiger charge is -2.25. The number of rotatable bonds is 73. The van der Waals surface area contributed by atoms with E-state index in [9.17, 15) is 19.5 Å². The number of allylic oxidation sites excluding steroid dienone is 24. The predicted molar refractivity (Wildman–Crippen MR) is 419 cm³/mol. The average molecular weight is 1350 g/mol. The lowest BCUT2D eigenvalue weighted by molar-refractivity contribution is -0.870. The van der Waals surface area contributed by atoms with E-state index >= 15 is 0 Å². The van der Waals surface area contributed by atoms with Crippen molar-refractivity contribution in [3.63, 3.8) is 0 Å². The van der Waals surface area contributed by atoms with Gasteiger partial charge in [-0.15, -0.1) is 0 Å². The number of esters is 2. The highest BCUT2D eigenvalue weighted by molar-refractivity contribution is 5.71. The molecule has 9 heteroatoms. The topological polar surface area (TPSA) is 108 Å². The smallest absolute Gasteiger partial charge is 0.361 e. The molecule has 0 fully saturated rings. The first-order valence-electron chi connectivity index (χ1n) is 40.0. The van der Waals surface area contributed by atoms with Gasteiger partial charge in [-0.05, 0) is 103 Å². The maximum absolute atomic E-state index is 13.0. The summed E-state index contributed by atoms with van der Waals surface area (Å²) in [6.45, 7) is 4.74. The van der Waals surface area contributed by atoms with Crippen LogP contribution in [0.3, 0.4) is 0 Å². The van der Waals surface area contributed by atoms with E-state index in [1.165, 1.54) is 193 Å². The van der Waals surface area contributed by atoms with E-state index in [1.54, 1.807) is 0 Å². The van der Waals surface area contributed by atoms with E-state index in [0.717, 1.165) is 109 Å². The molecule has 97 heavy (non-hydrogen) atoms. The highest BCUT2D eigenvalue weighted by Crippen LogP contribution is 2.18.